The van der Waals surface area contributed by atoms with Crippen LogP contribution in [0.25, 0.3) is 0 Å². The SMILES string of the molecule is CCc1noc(C2CCCN(C(=O)CCC3CCCCC3)C2)n1. The van der Waals surface area contributed by atoms with Gasteiger partial charge >= 0.3 is 0 Å². The van der Waals surface area contributed by atoms with Gasteiger partial charge in [-0.05, 0) is 25.2 Å². The number of nitrogens with zero attached hydrogens (tertiary/aromatic N) is 3. The average Bonchev–Trinajstić information content (AvgIpc) is 3.10. The number of carbonyl (C=O) groups is 1. The summed E-state index contributed by atoms with van der Waals surface area (Å²) in [6.07, 6.45) is 11.4. The lowest BCUT2D eigenvalue weighted by Gasteiger charge is -2.31. The molecule has 1 unspecified atom stereocenters. The third kappa shape index (κ3) is 4.33. The molecule has 1 atom stereocenters. The quantitative estimate of drug-likeness (QED) is 0.830. The van der Waals surface area contributed by atoms with Crippen molar-refractivity contribution in [3.8, 4) is 0 Å². The number of likely N-dealkylation sites (tertiary alicyclic amines) is 1. The van der Waals surface area contributed by atoms with Crippen molar-refractivity contribution in [2.24, 2.45) is 5.92 Å². The predicted octanol–water partition coefficient (Wildman–Crippen LogP) is 3.70. The van der Waals surface area contributed by atoms with Gasteiger partial charge in [-0.15, -0.1) is 0 Å². The van der Waals surface area contributed by atoms with Crippen molar-refractivity contribution in [2.45, 2.75) is 77.0 Å². The van der Waals surface area contributed by atoms with Crippen LogP contribution in [0.15, 0.2) is 4.52 Å². The zero-order valence-electron chi connectivity index (χ0n) is 14.3. The van der Waals surface area contributed by atoms with Gasteiger partial charge in [-0.2, -0.15) is 4.98 Å². The van der Waals surface area contributed by atoms with E-state index in [0.717, 1.165) is 50.5 Å². The topological polar surface area (TPSA) is 59.2 Å². The molecule has 1 aromatic rings. The molecule has 1 amide bonds. The van der Waals surface area contributed by atoms with Gasteiger partial charge < -0.3 is 9.42 Å². The summed E-state index contributed by atoms with van der Waals surface area (Å²) in [7, 11) is 0. The molecule has 2 fully saturated rings. The first-order valence-electron chi connectivity index (χ1n) is 9.36. The maximum Gasteiger partial charge on any atom is 0.231 e. The highest BCUT2D eigenvalue weighted by Gasteiger charge is 2.28. The minimum Gasteiger partial charge on any atom is -0.342 e. The Kier molecular flexibility index (Phi) is 5.68. The van der Waals surface area contributed by atoms with Crippen molar-refractivity contribution in [1.82, 2.24) is 15.0 Å². The number of amides is 1. The highest BCUT2D eigenvalue weighted by molar-refractivity contribution is 5.76. The van der Waals surface area contributed by atoms with Gasteiger partial charge in [0.05, 0.1) is 5.92 Å². The summed E-state index contributed by atoms with van der Waals surface area (Å²) in [6.45, 7) is 3.65. The lowest BCUT2D eigenvalue weighted by molar-refractivity contribution is -0.132. The number of hydrogen-bond donors (Lipinski definition) is 0. The second-order valence-corrected chi connectivity index (χ2v) is 7.12. The minimum absolute atomic E-state index is 0.218. The molecule has 1 aliphatic carbocycles. The van der Waals surface area contributed by atoms with Crippen LogP contribution in [-0.2, 0) is 11.2 Å². The molecule has 0 spiro atoms. The molecule has 3 rings (SSSR count). The van der Waals surface area contributed by atoms with Crippen molar-refractivity contribution in [3.63, 3.8) is 0 Å². The van der Waals surface area contributed by atoms with Gasteiger partial charge in [0, 0.05) is 25.9 Å². The molecular formula is C18H29N3O2. The van der Waals surface area contributed by atoms with Crippen molar-refractivity contribution >= 4 is 5.91 Å². The Labute approximate surface area is 138 Å². The van der Waals surface area contributed by atoms with Crippen LogP contribution >= 0.6 is 0 Å². The average molecular weight is 319 g/mol. The van der Waals surface area contributed by atoms with Gasteiger partial charge in [-0.3, -0.25) is 4.79 Å². The smallest absolute Gasteiger partial charge is 0.231 e. The number of aryl methyl sites for hydroxylation is 1. The normalized spacial score (nSPS) is 23.2. The van der Waals surface area contributed by atoms with Crippen LogP contribution in [0.4, 0.5) is 0 Å². The molecule has 0 N–H and O–H groups in total. The van der Waals surface area contributed by atoms with E-state index in [1.165, 1.54) is 32.1 Å². The maximum absolute atomic E-state index is 12.5. The van der Waals surface area contributed by atoms with E-state index in [-0.39, 0.29) is 5.92 Å². The minimum atomic E-state index is 0.218. The fraction of sp³-hybridized carbons (Fsp3) is 0.833. The fourth-order valence-corrected chi connectivity index (χ4v) is 3.94. The van der Waals surface area contributed by atoms with E-state index >= 15 is 0 Å². The molecule has 0 radical (unpaired) electrons. The van der Waals surface area contributed by atoms with Gasteiger partial charge in [0.2, 0.25) is 11.8 Å². The van der Waals surface area contributed by atoms with Crippen molar-refractivity contribution in [2.75, 3.05) is 13.1 Å². The first kappa shape index (κ1) is 16.5. The third-order valence-electron chi connectivity index (χ3n) is 5.41. The van der Waals surface area contributed by atoms with Crippen LogP contribution in [0.3, 0.4) is 0 Å². The van der Waals surface area contributed by atoms with E-state index in [1.54, 1.807) is 0 Å². The van der Waals surface area contributed by atoms with Crippen LogP contribution in [0.2, 0.25) is 0 Å². The zero-order chi connectivity index (χ0) is 16.1. The zero-order valence-corrected chi connectivity index (χ0v) is 14.3. The summed E-state index contributed by atoms with van der Waals surface area (Å²) in [5.41, 5.74) is 0. The Balaban J connectivity index is 1.49. The van der Waals surface area contributed by atoms with E-state index < -0.39 is 0 Å². The van der Waals surface area contributed by atoms with Gasteiger partial charge in [0.25, 0.3) is 0 Å². The molecule has 0 aromatic carbocycles. The van der Waals surface area contributed by atoms with Crippen LogP contribution in [0.5, 0.6) is 0 Å². The summed E-state index contributed by atoms with van der Waals surface area (Å²) in [6, 6.07) is 0. The van der Waals surface area contributed by atoms with E-state index in [2.05, 4.69) is 10.1 Å². The van der Waals surface area contributed by atoms with Crippen LogP contribution in [0, 0.1) is 5.92 Å². The summed E-state index contributed by atoms with van der Waals surface area (Å²) < 4.78 is 5.38. The summed E-state index contributed by atoms with van der Waals surface area (Å²) in [4.78, 5) is 19.0. The first-order chi connectivity index (χ1) is 11.3. The molecule has 0 bridgehead atoms. The molecule has 1 aromatic heterocycles. The molecule has 5 heteroatoms. The van der Waals surface area contributed by atoms with Crippen molar-refractivity contribution in [3.05, 3.63) is 11.7 Å². The van der Waals surface area contributed by atoms with E-state index in [1.807, 2.05) is 11.8 Å². The fourth-order valence-electron chi connectivity index (χ4n) is 3.94. The molecular weight excluding hydrogens is 290 g/mol. The number of hydrogen-bond acceptors (Lipinski definition) is 4. The predicted molar refractivity (Wildman–Crippen MR) is 88.0 cm³/mol. The number of rotatable bonds is 5. The van der Waals surface area contributed by atoms with Crippen LogP contribution < -0.4 is 0 Å². The summed E-state index contributed by atoms with van der Waals surface area (Å²) in [5.74, 6) is 2.79. The molecule has 1 aliphatic heterocycles. The second kappa shape index (κ2) is 7.93. The maximum atomic E-state index is 12.5. The van der Waals surface area contributed by atoms with E-state index in [9.17, 15) is 4.79 Å². The summed E-state index contributed by atoms with van der Waals surface area (Å²) >= 11 is 0. The van der Waals surface area contributed by atoms with Gasteiger partial charge in [-0.1, -0.05) is 44.2 Å². The number of carbonyl (C=O) groups excluding carboxylic acids is 1. The standard InChI is InChI=1S/C18H29N3O2/c1-2-16-19-18(23-20-16)15-9-6-12-21(13-15)17(22)11-10-14-7-4-3-5-8-14/h14-15H,2-13H2,1H3. The lowest BCUT2D eigenvalue weighted by Crippen LogP contribution is -2.39. The van der Waals surface area contributed by atoms with Crippen LogP contribution in [-0.4, -0.2) is 34.0 Å². The molecule has 1 saturated carbocycles. The van der Waals surface area contributed by atoms with Gasteiger partial charge in [-0.25, -0.2) is 0 Å². The Morgan fingerprint density at radius 1 is 1.22 bits per heavy atom. The van der Waals surface area contributed by atoms with Crippen molar-refractivity contribution < 1.29 is 9.32 Å². The second-order valence-electron chi connectivity index (χ2n) is 7.12. The van der Waals surface area contributed by atoms with Crippen molar-refractivity contribution in [1.29, 1.82) is 0 Å². The molecule has 5 nitrogen and oxygen atoms in total. The first-order valence-corrected chi connectivity index (χ1v) is 9.36. The Bertz CT molecular complexity index is 508. The van der Waals surface area contributed by atoms with Gasteiger partial charge in [0.1, 0.15) is 0 Å². The highest BCUT2D eigenvalue weighted by atomic mass is 16.5. The largest absolute Gasteiger partial charge is 0.342 e. The monoisotopic (exact) mass is 319 g/mol. The molecule has 1 saturated heterocycles. The molecule has 23 heavy (non-hydrogen) atoms. The molecule has 2 heterocycles. The Morgan fingerprint density at radius 2 is 2.04 bits per heavy atom. The molecule has 2 aliphatic rings. The number of piperidine rings is 1. The lowest BCUT2D eigenvalue weighted by atomic mass is 9.86. The Morgan fingerprint density at radius 3 is 2.78 bits per heavy atom. The van der Waals surface area contributed by atoms with Gasteiger partial charge in [0.15, 0.2) is 5.82 Å². The van der Waals surface area contributed by atoms with E-state index in [4.69, 9.17) is 4.52 Å². The molecule has 128 valence electrons. The Hall–Kier alpha value is -1.39. The highest BCUT2D eigenvalue weighted by Crippen LogP contribution is 2.29. The number of aromatic nitrogens is 2. The van der Waals surface area contributed by atoms with E-state index in [0.29, 0.717) is 18.2 Å². The third-order valence-corrected chi connectivity index (χ3v) is 5.41. The van der Waals surface area contributed by atoms with Crippen LogP contribution in [0.1, 0.15) is 82.3 Å². The summed E-state index contributed by atoms with van der Waals surface area (Å²) in [5, 5.41) is 3.99.